The molecule has 10 nitrogen and oxygen atoms in total. The van der Waals surface area contributed by atoms with Crippen LogP contribution in [0.25, 0.3) is 11.2 Å². The van der Waals surface area contributed by atoms with Gasteiger partial charge >= 0.3 is 0 Å². The molecule has 5 rings (SSSR count). The Balaban J connectivity index is 0.000000833. The van der Waals surface area contributed by atoms with Gasteiger partial charge in [0.1, 0.15) is 22.8 Å². The third kappa shape index (κ3) is 7.89. The van der Waals surface area contributed by atoms with Gasteiger partial charge in [0.15, 0.2) is 5.65 Å². The van der Waals surface area contributed by atoms with Crippen molar-refractivity contribution in [2.75, 3.05) is 10.6 Å². The quantitative estimate of drug-likeness (QED) is 0.289. The molecule has 1 saturated carbocycles. The molecule has 1 fully saturated rings. The molecule has 0 aromatic carbocycles. The molecule has 0 unspecified atom stereocenters. The van der Waals surface area contributed by atoms with Crippen LogP contribution >= 0.6 is 0 Å². The lowest BCUT2D eigenvalue weighted by Gasteiger charge is -2.10. The van der Waals surface area contributed by atoms with Crippen molar-refractivity contribution in [3.63, 3.8) is 0 Å². The highest BCUT2D eigenvalue weighted by Gasteiger charge is 2.25. The SMILES string of the molecule is CC.CC.CC.CC(=O)Nc1cc(Oc2ccc3nc(Nc4cc(C5CC5)cn(C)c4=O)n(C)c3n2)ccn1. The highest BCUT2D eigenvalue weighted by atomic mass is 16.5. The van der Waals surface area contributed by atoms with Gasteiger partial charge in [-0.15, -0.1) is 0 Å². The monoisotopic (exact) mass is 535 g/mol. The predicted octanol–water partition coefficient (Wildman–Crippen LogP) is 6.51. The van der Waals surface area contributed by atoms with E-state index in [9.17, 15) is 9.59 Å². The number of rotatable bonds is 6. The first kappa shape index (κ1) is 31.0. The second-order valence-electron chi connectivity index (χ2n) is 8.15. The molecular weight excluding hydrogens is 494 g/mol. The Labute approximate surface area is 230 Å². The van der Waals surface area contributed by atoms with Gasteiger partial charge in [0.25, 0.3) is 5.56 Å². The Morgan fingerprint density at radius 1 is 1.00 bits per heavy atom. The van der Waals surface area contributed by atoms with Crippen molar-refractivity contribution in [1.29, 1.82) is 0 Å². The molecular formula is C29H41N7O3. The Morgan fingerprint density at radius 2 is 1.69 bits per heavy atom. The molecule has 0 saturated heterocycles. The molecule has 1 aliphatic rings. The smallest absolute Gasteiger partial charge is 0.274 e. The van der Waals surface area contributed by atoms with E-state index in [4.69, 9.17) is 4.74 Å². The first-order valence-corrected chi connectivity index (χ1v) is 13.6. The van der Waals surface area contributed by atoms with Crippen LogP contribution in [0.4, 0.5) is 17.5 Å². The van der Waals surface area contributed by atoms with Crippen LogP contribution in [0, 0.1) is 0 Å². The second-order valence-corrected chi connectivity index (χ2v) is 8.15. The number of fused-ring (bicyclic) bond motifs is 1. The van der Waals surface area contributed by atoms with E-state index >= 15 is 0 Å². The number of pyridine rings is 3. The van der Waals surface area contributed by atoms with Crippen LogP contribution in [-0.2, 0) is 18.9 Å². The first-order chi connectivity index (χ1) is 18.9. The van der Waals surface area contributed by atoms with Gasteiger partial charge in [-0.2, -0.15) is 4.98 Å². The van der Waals surface area contributed by atoms with Crippen LogP contribution < -0.4 is 20.9 Å². The van der Waals surface area contributed by atoms with Crippen LogP contribution in [0.3, 0.4) is 0 Å². The largest absolute Gasteiger partial charge is 0.439 e. The van der Waals surface area contributed by atoms with Crippen molar-refractivity contribution < 1.29 is 9.53 Å². The zero-order chi connectivity index (χ0) is 29.1. The number of hydrogen-bond donors (Lipinski definition) is 2. The fourth-order valence-corrected chi connectivity index (χ4v) is 3.65. The topological polar surface area (TPSA) is 116 Å². The number of amides is 1. The van der Waals surface area contributed by atoms with E-state index in [0.717, 1.165) is 18.4 Å². The van der Waals surface area contributed by atoms with Gasteiger partial charge in [-0.1, -0.05) is 41.5 Å². The van der Waals surface area contributed by atoms with Crippen LogP contribution in [-0.4, -0.2) is 30.0 Å². The summed E-state index contributed by atoms with van der Waals surface area (Å²) >= 11 is 0. The maximum Gasteiger partial charge on any atom is 0.274 e. The molecule has 2 N–H and O–H groups in total. The third-order valence-corrected chi connectivity index (χ3v) is 5.45. The van der Waals surface area contributed by atoms with E-state index in [2.05, 4.69) is 25.6 Å². The van der Waals surface area contributed by atoms with Crippen LogP contribution in [0.2, 0.25) is 0 Å². The van der Waals surface area contributed by atoms with Crippen molar-refractivity contribution in [2.45, 2.75) is 67.2 Å². The minimum Gasteiger partial charge on any atom is -0.439 e. The van der Waals surface area contributed by atoms with Gasteiger partial charge in [-0.05, 0) is 42.5 Å². The molecule has 0 bridgehead atoms. The van der Waals surface area contributed by atoms with E-state index in [1.165, 1.54) is 6.92 Å². The predicted molar refractivity (Wildman–Crippen MR) is 158 cm³/mol. The number of imidazole rings is 1. The minimum absolute atomic E-state index is 0.115. The Hall–Kier alpha value is -4.21. The fourth-order valence-electron chi connectivity index (χ4n) is 3.65. The highest BCUT2D eigenvalue weighted by Crippen LogP contribution is 2.40. The van der Waals surface area contributed by atoms with Crippen molar-refractivity contribution in [1.82, 2.24) is 24.1 Å². The molecule has 4 aromatic heterocycles. The van der Waals surface area contributed by atoms with Gasteiger partial charge in [0.2, 0.25) is 17.7 Å². The second kappa shape index (κ2) is 14.7. The van der Waals surface area contributed by atoms with Crippen molar-refractivity contribution >= 4 is 34.5 Å². The molecule has 210 valence electrons. The van der Waals surface area contributed by atoms with E-state index in [1.54, 1.807) is 46.6 Å². The molecule has 1 aliphatic carbocycles. The van der Waals surface area contributed by atoms with E-state index in [-0.39, 0.29) is 11.5 Å². The molecule has 0 atom stereocenters. The number of aromatic nitrogens is 5. The lowest BCUT2D eigenvalue weighted by molar-refractivity contribution is -0.114. The third-order valence-electron chi connectivity index (χ3n) is 5.45. The van der Waals surface area contributed by atoms with Gasteiger partial charge in [-0.25, -0.2) is 9.97 Å². The van der Waals surface area contributed by atoms with E-state index < -0.39 is 0 Å². The van der Waals surface area contributed by atoms with Crippen molar-refractivity contribution in [3.8, 4) is 11.6 Å². The molecule has 10 heteroatoms. The number of carbonyl (C=O) groups is 1. The van der Waals surface area contributed by atoms with Crippen molar-refractivity contribution in [3.05, 3.63) is 58.6 Å². The maximum absolute atomic E-state index is 12.6. The molecule has 0 aliphatic heterocycles. The van der Waals surface area contributed by atoms with Gasteiger partial charge in [0.05, 0.1) is 0 Å². The average Bonchev–Trinajstić information content (AvgIpc) is 3.75. The summed E-state index contributed by atoms with van der Waals surface area (Å²) < 4.78 is 9.24. The Morgan fingerprint density at radius 3 is 2.33 bits per heavy atom. The highest BCUT2D eigenvalue weighted by molar-refractivity contribution is 5.87. The number of aryl methyl sites for hydroxylation is 2. The molecule has 39 heavy (non-hydrogen) atoms. The van der Waals surface area contributed by atoms with Gasteiger partial charge in [0, 0.05) is 45.5 Å². The van der Waals surface area contributed by atoms with Crippen LogP contribution in [0.15, 0.2) is 47.5 Å². The summed E-state index contributed by atoms with van der Waals surface area (Å²) in [5, 5.41) is 5.80. The summed E-state index contributed by atoms with van der Waals surface area (Å²) in [6.45, 7) is 13.4. The standard InChI is InChI=1S/C23H23N7O3.3C2H6/c1-13(31)25-19-11-16(8-9-24-19)33-20-7-6-17-21(28-20)30(3)23(26-17)27-18-10-15(14-4-5-14)12-29(2)22(18)32;3*1-2/h6-12,14H,4-5H2,1-3H3,(H,26,27)(H,24,25,31);3*1-2H3. The average molecular weight is 536 g/mol. The maximum atomic E-state index is 12.6. The summed E-state index contributed by atoms with van der Waals surface area (Å²) in [6.07, 6.45) is 5.75. The van der Waals surface area contributed by atoms with E-state index in [1.807, 2.05) is 60.9 Å². The lowest BCUT2D eigenvalue weighted by Crippen LogP contribution is -2.20. The normalized spacial score (nSPS) is 11.6. The number of nitrogens with one attached hydrogen (secondary N) is 2. The Bertz CT molecular complexity index is 1440. The summed E-state index contributed by atoms with van der Waals surface area (Å²) in [6, 6.07) is 8.72. The summed E-state index contributed by atoms with van der Waals surface area (Å²) in [5.41, 5.74) is 2.79. The number of hydrogen-bond acceptors (Lipinski definition) is 7. The summed E-state index contributed by atoms with van der Waals surface area (Å²) in [4.78, 5) is 37.1. The number of anilines is 3. The van der Waals surface area contributed by atoms with E-state index in [0.29, 0.717) is 46.2 Å². The number of carbonyl (C=O) groups excluding carboxylic acids is 1. The zero-order valence-electron chi connectivity index (χ0n) is 24.5. The minimum atomic E-state index is -0.216. The molecule has 0 spiro atoms. The van der Waals surface area contributed by atoms with Gasteiger partial charge < -0.3 is 19.9 Å². The number of ether oxygens (including phenoxy) is 1. The first-order valence-electron chi connectivity index (χ1n) is 13.6. The Kier molecular flexibility index (Phi) is 11.7. The van der Waals surface area contributed by atoms with Crippen LogP contribution in [0.1, 0.15) is 72.8 Å². The molecule has 1 amide bonds. The number of nitrogens with zero attached hydrogens (tertiary/aromatic N) is 5. The summed E-state index contributed by atoms with van der Waals surface area (Å²) in [5.74, 6) is 2.06. The van der Waals surface area contributed by atoms with Crippen molar-refractivity contribution in [2.24, 2.45) is 14.1 Å². The summed E-state index contributed by atoms with van der Waals surface area (Å²) in [7, 11) is 3.58. The van der Waals surface area contributed by atoms with Crippen LogP contribution in [0.5, 0.6) is 11.6 Å². The molecule has 0 radical (unpaired) electrons. The zero-order valence-corrected chi connectivity index (χ0v) is 24.5. The molecule has 4 aromatic rings. The lowest BCUT2D eigenvalue weighted by atomic mass is 10.2. The molecule has 4 heterocycles. The fraction of sp³-hybridized carbons (Fsp3) is 0.414. The van der Waals surface area contributed by atoms with Gasteiger partial charge in [-0.3, -0.25) is 14.2 Å².